The summed E-state index contributed by atoms with van der Waals surface area (Å²) < 4.78 is 0. The minimum atomic E-state index is -1.47. The maximum Gasteiger partial charge on any atom is 0.171 e. The molecule has 2 heterocycles. The van der Waals surface area contributed by atoms with Gasteiger partial charge in [0.25, 0.3) is 0 Å². The van der Waals surface area contributed by atoms with Crippen LogP contribution in [0.4, 0.5) is 5.69 Å². The fourth-order valence-electron chi connectivity index (χ4n) is 2.81. The molecule has 110 valence electrons. The smallest absolute Gasteiger partial charge is 0.171 e. The molecule has 0 amide bonds. The van der Waals surface area contributed by atoms with E-state index in [0.717, 1.165) is 18.5 Å². The summed E-state index contributed by atoms with van der Waals surface area (Å²) in [6.45, 7) is 1.48. The Morgan fingerprint density at radius 1 is 1.19 bits per heavy atom. The fourth-order valence-corrected chi connectivity index (χ4v) is 3.70. The maximum atomic E-state index is 10.5. The molecule has 0 saturated heterocycles. The van der Waals surface area contributed by atoms with Crippen molar-refractivity contribution in [1.82, 2.24) is 4.90 Å². The van der Waals surface area contributed by atoms with Gasteiger partial charge in [0.1, 0.15) is 5.69 Å². The number of hydrogen-bond acceptors (Lipinski definition) is 6. The molecule has 6 heteroatoms. The number of aliphatic hydroxyl groups is 2. The molecule has 1 aromatic heterocycles. The number of rotatable bonds is 4. The predicted molar refractivity (Wildman–Crippen MR) is 81.3 cm³/mol. The number of fused-ring (bicyclic) bond motifs is 1. The molecule has 0 fully saturated rings. The Morgan fingerprint density at radius 2 is 1.95 bits per heavy atom. The minimum absolute atomic E-state index is 0.337. The SMILES string of the molecule is O=Nc1ccc(C(C(O)O)N2CCc3sccc3C2)cc1. The van der Waals surface area contributed by atoms with E-state index in [1.807, 2.05) is 0 Å². The lowest BCUT2D eigenvalue weighted by molar-refractivity contribution is -0.105. The molecule has 1 aromatic carbocycles. The first-order chi connectivity index (χ1) is 10.2. The summed E-state index contributed by atoms with van der Waals surface area (Å²) >= 11 is 1.75. The highest BCUT2D eigenvalue weighted by molar-refractivity contribution is 7.10. The van der Waals surface area contributed by atoms with Gasteiger partial charge < -0.3 is 10.2 Å². The van der Waals surface area contributed by atoms with Crippen LogP contribution in [0.5, 0.6) is 0 Å². The van der Waals surface area contributed by atoms with Gasteiger partial charge >= 0.3 is 0 Å². The van der Waals surface area contributed by atoms with Gasteiger partial charge in [-0.25, -0.2) is 0 Å². The number of nitrogens with zero attached hydrogens (tertiary/aromatic N) is 2. The van der Waals surface area contributed by atoms with Gasteiger partial charge in [-0.05, 0) is 46.3 Å². The quantitative estimate of drug-likeness (QED) is 0.672. The zero-order valence-electron chi connectivity index (χ0n) is 11.3. The summed E-state index contributed by atoms with van der Waals surface area (Å²) in [5, 5.41) is 24.5. The lowest BCUT2D eigenvalue weighted by Gasteiger charge is -2.35. The molecule has 0 bridgehead atoms. The van der Waals surface area contributed by atoms with Crippen molar-refractivity contribution >= 4 is 17.0 Å². The highest BCUT2D eigenvalue weighted by Crippen LogP contribution is 2.32. The van der Waals surface area contributed by atoms with E-state index >= 15 is 0 Å². The molecule has 1 aliphatic heterocycles. The molecule has 0 spiro atoms. The van der Waals surface area contributed by atoms with Crippen LogP contribution in [-0.2, 0) is 13.0 Å². The molecular weight excluding hydrogens is 288 g/mol. The summed E-state index contributed by atoms with van der Waals surface area (Å²) in [5.41, 5.74) is 2.36. The van der Waals surface area contributed by atoms with Crippen LogP contribution in [0, 0.1) is 4.91 Å². The first-order valence-corrected chi connectivity index (χ1v) is 7.66. The highest BCUT2D eigenvalue weighted by atomic mass is 32.1. The van der Waals surface area contributed by atoms with Gasteiger partial charge in [0.05, 0.1) is 6.04 Å². The maximum absolute atomic E-state index is 10.5. The lowest BCUT2D eigenvalue weighted by atomic mass is 10.0. The van der Waals surface area contributed by atoms with Crippen molar-refractivity contribution in [3.05, 3.63) is 56.6 Å². The van der Waals surface area contributed by atoms with E-state index < -0.39 is 12.3 Å². The molecule has 1 unspecified atom stereocenters. The summed E-state index contributed by atoms with van der Waals surface area (Å²) in [5.74, 6) is 0. The van der Waals surface area contributed by atoms with Crippen molar-refractivity contribution in [2.45, 2.75) is 25.3 Å². The molecule has 1 aliphatic rings. The van der Waals surface area contributed by atoms with Gasteiger partial charge in [-0.3, -0.25) is 4.90 Å². The molecular formula is C15H16N2O3S. The Balaban J connectivity index is 1.86. The molecule has 0 saturated carbocycles. The van der Waals surface area contributed by atoms with Crippen molar-refractivity contribution < 1.29 is 10.2 Å². The topological polar surface area (TPSA) is 73.1 Å². The van der Waals surface area contributed by atoms with Crippen molar-refractivity contribution in [3.63, 3.8) is 0 Å². The first-order valence-electron chi connectivity index (χ1n) is 6.78. The van der Waals surface area contributed by atoms with E-state index in [-0.39, 0.29) is 0 Å². The molecule has 0 radical (unpaired) electrons. The van der Waals surface area contributed by atoms with E-state index in [2.05, 4.69) is 21.5 Å². The van der Waals surface area contributed by atoms with Crippen LogP contribution in [0.3, 0.4) is 0 Å². The van der Waals surface area contributed by atoms with E-state index in [1.54, 1.807) is 35.6 Å². The number of nitroso groups, excluding NO2 is 1. The molecule has 1 atom stereocenters. The number of benzene rings is 1. The third-order valence-electron chi connectivity index (χ3n) is 3.85. The van der Waals surface area contributed by atoms with Crippen LogP contribution in [0.15, 0.2) is 40.9 Å². The van der Waals surface area contributed by atoms with Crippen LogP contribution in [0.1, 0.15) is 22.0 Å². The van der Waals surface area contributed by atoms with Gasteiger partial charge in [-0.15, -0.1) is 16.2 Å². The fraction of sp³-hybridized carbons (Fsp3) is 0.333. The Bertz CT molecular complexity index is 624. The molecule has 21 heavy (non-hydrogen) atoms. The zero-order chi connectivity index (χ0) is 14.8. The van der Waals surface area contributed by atoms with Gasteiger partial charge in [0, 0.05) is 18.0 Å². The van der Waals surface area contributed by atoms with Crippen molar-refractivity contribution in [2.24, 2.45) is 5.18 Å². The molecule has 2 aromatic rings. The van der Waals surface area contributed by atoms with Gasteiger partial charge in [-0.1, -0.05) is 12.1 Å². The zero-order valence-corrected chi connectivity index (χ0v) is 12.2. The Kier molecular flexibility index (Phi) is 4.12. The number of aliphatic hydroxyl groups excluding tert-OH is 1. The number of hydrogen-bond donors (Lipinski definition) is 2. The van der Waals surface area contributed by atoms with Gasteiger partial charge in [-0.2, -0.15) is 0 Å². The summed E-state index contributed by atoms with van der Waals surface area (Å²) in [6.07, 6.45) is -0.551. The molecule has 0 aliphatic carbocycles. The third kappa shape index (κ3) is 2.89. The van der Waals surface area contributed by atoms with Gasteiger partial charge in [0.2, 0.25) is 0 Å². The van der Waals surface area contributed by atoms with E-state index in [1.165, 1.54) is 10.4 Å². The van der Waals surface area contributed by atoms with Crippen LogP contribution in [0.25, 0.3) is 0 Å². The van der Waals surface area contributed by atoms with Crippen molar-refractivity contribution in [3.8, 4) is 0 Å². The van der Waals surface area contributed by atoms with Crippen LogP contribution in [-0.4, -0.2) is 27.9 Å². The first kappa shape index (κ1) is 14.3. The monoisotopic (exact) mass is 304 g/mol. The second-order valence-corrected chi connectivity index (χ2v) is 6.13. The average molecular weight is 304 g/mol. The molecule has 3 rings (SSSR count). The van der Waals surface area contributed by atoms with Crippen LogP contribution < -0.4 is 0 Å². The Labute approximate surface area is 126 Å². The summed E-state index contributed by atoms with van der Waals surface area (Å²) in [7, 11) is 0. The molecule has 2 N–H and O–H groups in total. The number of thiophene rings is 1. The third-order valence-corrected chi connectivity index (χ3v) is 4.88. The van der Waals surface area contributed by atoms with Crippen molar-refractivity contribution in [1.29, 1.82) is 0 Å². The van der Waals surface area contributed by atoms with E-state index in [9.17, 15) is 15.1 Å². The van der Waals surface area contributed by atoms with Gasteiger partial charge in [0.15, 0.2) is 6.29 Å². The predicted octanol–water partition coefficient (Wildman–Crippen LogP) is 2.56. The minimum Gasteiger partial charge on any atom is -0.366 e. The van der Waals surface area contributed by atoms with Crippen LogP contribution >= 0.6 is 11.3 Å². The Hall–Kier alpha value is -1.60. The second kappa shape index (κ2) is 6.03. The second-order valence-electron chi connectivity index (χ2n) is 5.13. The van der Waals surface area contributed by atoms with E-state index in [4.69, 9.17) is 0 Å². The Morgan fingerprint density at radius 3 is 2.62 bits per heavy atom. The molecule has 5 nitrogen and oxygen atoms in total. The largest absolute Gasteiger partial charge is 0.366 e. The average Bonchev–Trinajstić information content (AvgIpc) is 2.95. The lowest BCUT2D eigenvalue weighted by Crippen LogP contribution is -2.39. The highest BCUT2D eigenvalue weighted by Gasteiger charge is 2.29. The summed E-state index contributed by atoms with van der Waals surface area (Å²) in [4.78, 5) is 13.9. The van der Waals surface area contributed by atoms with E-state index in [0.29, 0.717) is 12.2 Å². The normalized spacial score (nSPS) is 16.7. The van der Waals surface area contributed by atoms with Crippen molar-refractivity contribution in [2.75, 3.05) is 6.54 Å². The standard InChI is InChI=1S/C15H16N2O3S/c18-15(19)14(10-1-3-12(16-20)4-2-10)17-7-5-13-11(9-17)6-8-21-13/h1-4,6,8,14-15,18-19H,5,7,9H2. The summed E-state index contributed by atoms with van der Waals surface area (Å²) in [6, 6.07) is 8.23. The van der Waals surface area contributed by atoms with Crippen LogP contribution in [0.2, 0.25) is 0 Å².